The number of sulfonamides is 1. The summed E-state index contributed by atoms with van der Waals surface area (Å²) in [4.78, 5) is 14.7. The van der Waals surface area contributed by atoms with Gasteiger partial charge in [-0.2, -0.15) is 4.31 Å². The zero-order valence-electron chi connectivity index (χ0n) is 17.1. The van der Waals surface area contributed by atoms with Crippen LogP contribution in [0.3, 0.4) is 0 Å². The van der Waals surface area contributed by atoms with E-state index < -0.39 is 21.7 Å². The van der Waals surface area contributed by atoms with Crippen molar-refractivity contribution in [3.05, 3.63) is 53.8 Å². The zero-order chi connectivity index (χ0) is 21.7. The van der Waals surface area contributed by atoms with E-state index in [0.29, 0.717) is 24.5 Å². The molecule has 1 saturated heterocycles. The predicted octanol–water partition coefficient (Wildman–Crippen LogP) is 2.62. The largest absolute Gasteiger partial charge is 0.378 e. The zero-order valence-corrected chi connectivity index (χ0v) is 17.9. The molecule has 3 rings (SSSR count). The Morgan fingerprint density at radius 2 is 1.83 bits per heavy atom. The van der Waals surface area contributed by atoms with Gasteiger partial charge in [0.05, 0.1) is 24.7 Å². The first-order chi connectivity index (χ1) is 14.3. The van der Waals surface area contributed by atoms with Crippen LogP contribution < -0.4 is 10.2 Å². The molecule has 1 fully saturated rings. The highest BCUT2D eigenvalue weighted by molar-refractivity contribution is 7.89. The van der Waals surface area contributed by atoms with Crippen LogP contribution in [-0.4, -0.2) is 58.0 Å². The van der Waals surface area contributed by atoms with Crippen molar-refractivity contribution in [2.45, 2.75) is 18.7 Å². The standard InChI is InChI=1S/C21H26FN3O4S/c1-3-25(30(27,28)20-9-4-17(22)14-16(20)2)15-21(26)23-18-5-7-19(8-6-18)24-10-12-29-13-11-24/h4-9,14H,3,10-13,15H2,1-2H3,(H,23,26). The highest BCUT2D eigenvalue weighted by Crippen LogP contribution is 2.22. The van der Waals surface area contributed by atoms with E-state index in [2.05, 4.69) is 10.2 Å². The smallest absolute Gasteiger partial charge is 0.243 e. The minimum Gasteiger partial charge on any atom is -0.378 e. The number of halogens is 1. The Balaban J connectivity index is 1.66. The average molecular weight is 436 g/mol. The van der Waals surface area contributed by atoms with Gasteiger partial charge in [0.1, 0.15) is 5.82 Å². The third-order valence-electron chi connectivity index (χ3n) is 4.95. The monoisotopic (exact) mass is 435 g/mol. The van der Waals surface area contributed by atoms with Crippen LogP contribution in [0.2, 0.25) is 0 Å². The average Bonchev–Trinajstić information content (AvgIpc) is 2.72. The highest BCUT2D eigenvalue weighted by Gasteiger charge is 2.27. The number of amides is 1. The molecule has 30 heavy (non-hydrogen) atoms. The molecule has 9 heteroatoms. The number of hydrogen-bond donors (Lipinski definition) is 1. The van der Waals surface area contributed by atoms with Gasteiger partial charge in [-0.05, 0) is 55.0 Å². The summed E-state index contributed by atoms with van der Waals surface area (Å²) in [6.07, 6.45) is 0. The molecular weight excluding hydrogens is 409 g/mol. The van der Waals surface area contributed by atoms with E-state index in [-0.39, 0.29) is 18.0 Å². The first kappa shape index (κ1) is 22.2. The van der Waals surface area contributed by atoms with Gasteiger partial charge in [0.25, 0.3) is 0 Å². The maximum atomic E-state index is 13.3. The summed E-state index contributed by atoms with van der Waals surface area (Å²) >= 11 is 0. The van der Waals surface area contributed by atoms with Crippen molar-refractivity contribution >= 4 is 27.3 Å². The highest BCUT2D eigenvalue weighted by atomic mass is 32.2. The summed E-state index contributed by atoms with van der Waals surface area (Å²) < 4.78 is 45.6. The SMILES string of the molecule is CCN(CC(=O)Nc1ccc(N2CCOCC2)cc1)S(=O)(=O)c1ccc(F)cc1C. The molecular formula is C21H26FN3O4S. The van der Waals surface area contributed by atoms with Crippen LogP contribution in [-0.2, 0) is 19.6 Å². The Hall–Kier alpha value is -2.49. The first-order valence-electron chi connectivity index (χ1n) is 9.80. The molecule has 162 valence electrons. The molecule has 0 aromatic heterocycles. The van der Waals surface area contributed by atoms with Crippen molar-refractivity contribution in [3.8, 4) is 0 Å². The second-order valence-electron chi connectivity index (χ2n) is 7.04. The number of aryl methyl sites for hydroxylation is 1. The van der Waals surface area contributed by atoms with Crippen LogP contribution in [0.15, 0.2) is 47.4 Å². The second kappa shape index (κ2) is 9.55. The maximum Gasteiger partial charge on any atom is 0.243 e. The van der Waals surface area contributed by atoms with Crippen LogP contribution in [0, 0.1) is 12.7 Å². The molecule has 1 heterocycles. The van der Waals surface area contributed by atoms with Crippen molar-refractivity contribution < 1.29 is 22.3 Å². The Bertz CT molecular complexity index is 990. The van der Waals surface area contributed by atoms with Crippen molar-refractivity contribution in [1.29, 1.82) is 0 Å². The van der Waals surface area contributed by atoms with Crippen LogP contribution in [0.1, 0.15) is 12.5 Å². The second-order valence-corrected chi connectivity index (χ2v) is 8.94. The van der Waals surface area contributed by atoms with Crippen LogP contribution in [0.25, 0.3) is 0 Å². The fraction of sp³-hybridized carbons (Fsp3) is 0.381. The predicted molar refractivity (Wildman–Crippen MR) is 114 cm³/mol. The van der Waals surface area contributed by atoms with Gasteiger partial charge >= 0.3 is 0 Å². The molecule has 7 nitrogen and oxygen atoms in total. The number of benzene rings is 2. The number of morpholine rings is 1. The molecule has 2 aromatic rings. The van der Waals surface area contributed by atoms with Gasteiger partial charge in [-0.3, -0.25) is 4.79 Å². The fourth-order valence-corrected chi connectivity index (χ4v) is 4.96. The summed E-state index contributed by atoms with van der Waals surface area (Å²) in [5, 5.41) is 2.74. The number of rotatable bonds is 7. The minimum atomic E-state index is -3.92. The summed E-state index contributed by atoms with van der Waals surface area (Å²) in [5.41, 5.74) is 1.93. The van der Waals surface area contributed by atoms with Crippen LogP contribution in [0.5, 0.6) is 0 Å². The number of likely N-dealkylation sites (N-methyl/N-ethyl adjacent to an activating group) is 1. The topological polar surface area (TPSA) is 79.0 Å². The lowest BCUT2D eigenvalue weighted by Crippen LogP contribution is -2.38. The van der Waals surface area contributed by atoms with Crippen molar-refractivity contribution in [1.82, 2.24) is 4.31 Å². The number of carbonyl (C=O) groups excluding carboxylic acids is 1. The van der Waals surface area contributed by atoms with Crippen LogP contribution in [0.4, 0.5) is 15.8 Å². The molecule has 1 N–H and O–H groups in total. The number of hydrogen-bond acceptors (Lipinski definition) is 5. The van der Waals surface area contributed by atoms with E-state index in [1.807, 2.05) is 12.1 Å². The minimum absolute atomic E-state index is 0.00610. The number of anilines is 2. The van der Waals surface area contributed by atoms with Crippen molar-refractivity contribution in [3.63, 3.8) is 0 Å². The molecule has 0 spiro atoms. The Kier molecular flexibility index (Phi) is 7.06. The third kappa shape index (κ3) is 5.16. The van der Waals surface area contributed by atoms with Gasteiger partial charge in [0.2, 0.25) is 15.9 Å². The lowest BCUT2D eigenvalue weighted by molar-refractivity contribution is -0.116. The Labute approximate surface area is 176 Å². The van der Waals surface area contributed by atoms with Gasteiger partial charge in [0.15, 0.2) is 0 Å². The van der Waals surface area contributed by atoms with Gasteiger partial charge in [-0.25, -0.2) is 12.8 Å². The van der Waals surface area contributed by atoms with Gasteiger partial charge in [-0.1, -0.05) is 6.92 Å². The van der Waals surface area contributed by atoms with Crippen molar-refractivity contribution in [2.24, 2.45) is 0 Å². The molecule has 1 amide bonds. The van der Waals surface area contributed by atoms with Gasteiger partial charge in [0, 0.05) is 31.0 Å². The van der Waals surface area contributed by atoms with E-state index in [4.69, 9.17) is 4.74 Å². The molecule has 0 aliphatic carbocycles. The summed E-state index contributed by atoms with van der Waals surface area (Å²) in [7, 11) is -3.92. The molecule has 2 aromatic carbocycles. The van der Waals surface area contributed by atoms with Gasteiger partial charge in [-0.15, -0.1) is 0 Å². The molecule has 0 radical (unpaired) electrons. The maximum absolute atomic E-state index is 13.3. The first-order valence-corrected chi connectivity index (χ1v) is 11.2. The summed E-state index contributed by atoms with van der Waals surface area (Å²) in [6, 6.07) is 10.9. The van der Waals surface area contributed by atoms with E-state index in [0.717, 1.165) is 35.2 Å². The number of nitrogens with zero attached hydrogens (tertiary/aromatic N) is 2. The molecule has 1 aliphatic heterocycles. The summed E-state index contributed by atoms with van der Waals surface area (Å²) in [5.74, 6) is -0.952. The van der Waals surface area contributed by atoms with Crippen LogP contribution >= 0.6 is 0 Å². The molecule has 0 atom stereocenters. The molecule has 0 unspecified atom stereocenters. The lowest BCUT2D eigenvalue weighted by atomic mass is 10.2. The molecule has 0 saturated carbocycles. The van der Waals surface area contributed by atoms with E-state index in [1.54, 1.807) is 19.1 Å². The normalized spacial score (nSPS) is 14.7. The third-order valence-corrected chi connectivity index (χ3v) is 7.04. The Morgan fingerprint density at radius 1 is 1.17 bits per heavy atom. The van der Waals surface area contributed by atoms with E-state index >= 15 is 0 Å². The van der Waals surface area contributed by atoms with E-state index in [1.165, 1.54) is 13.0 Å². The number of carbonyl (C=O) groups is 1. The van der Waals surface area contributed by atoms with Gasteiger partial charge < -0.3 is 15.0 Å². The fourth-order valence-electron chi connectivity index (χ4n) is 3.35. The summed E-state index contributed by atoms with van der Waals surface area (Å²) in [6.45, 7) is 5.97. The van der Waals surface area contributed by atoms with E-state index in [9.17, 15) is 17.6 Å². The number of nitrogens with one attached hydrogen (secondary N) is 1. The quantitative estimate of drug-likeness (QED) is 0.723. The number of ether oxygens (including phenoxy) is 1. The Morgan fingerprint density at radius 3 is 2.43 bits per heavy atom. The molecule has 0 bridgehead atoms. The lowest BCUT2D eigenvalue weighted by Gasteiger charge is -2.29. The van der Waals surface area contributed by atoms with Crippen molar-refractivity contribution in [2.75, 3.05) is 49.6 Å². The molecule has 1 aliphatic rings.